The second-order valence-corrected chi connectivity index (χ2v) is 9.55. The zero-order chi connectivity index (χ0) is 18.3. The Hall–Kier alpha value is -2.19. The minimum atomic E-state index is -3.19. The van der Waals surface area contributed by atoms with E-state index in [4.69, 9.17) is 0 Å². The van der Waals surface area contributed by atoms with Gasteiger partial charge in [-0.1, -0.05) is 42.1 Å². The number of sulfone groups is 1. The summed E-state index contributed by atoms with van der Waals surface area (Å²) in [5.41, 5.74) is 0.669. The molecule has 4 rings (SSSR count). The van der Waals surface area contributed by atoms with Crippen molar-refractivity contribution in [2.75, 3.05) is 16.4 Å². The fraction of sp³-hybridized carbons (Fsp3) is 0.222. The summed E-state index contributed by atoms with van der Waals surface area (Å²) < 4.78 is 38.4. The van der Waals surface area contributed by atoms with Crippen LogP contribution < -0.4 is 4.90 Å². The van der Waals surface area contributed by atoms with Crippen molar-refractivity contribution < 1.29 is 17.6 Å². The summed E-state index contributed by atoms with van der Waals surface area (Å²) in [6.45, 7) is 0. The van der Waals surface area contributed by atoms with E-state index in [1.807, 2.05) is 0 Å². The van der Waals surface area contributed by atoms with Crippen LogP contribution in [0.15, 0.2) is 59.6 Å². The number of carbonyl (C=O) groups excluding carboxylic acids is 1. The number of carbonyl (C=O) groups is 1. The molecule has 134 valence electrons. The molecule has 2 heterocycles. The maximum Gasteiger partial charge on any atom is 0.279 e. The number of thioether (sulfide) groups is 1. The van der Waals surface area contributed by atoms with Crippen molar-refractivity contribution in [3.63, 3.8) is 0 Å². The zero-order valence-corrected chi connectivity index (χ0v) is 15.2. The molecule has 0 unspecified atom stereocenters. The third-order valence-corrected chi connectivity index (χ3v) is 7.61. The van der Waals surface area contributed by atoms with Crippen LogP contribution in [0.4, 0.5) is 10.1 Å². The minimum absolute atomic E-state index is 0.00579. The third-order valence-electron chi connectivity index (χ3n) is 4.40. The van der Waals surface area contributed by atoms with Crippen LogP contribution in [0.1, 0.15) is 10.4 Å². The topological polar surface area (TPSA) is 66.8 Å². The van der Waals surface area contributed by atoms with Crippen LogP contribution in [0.2, 0.25) is 0 Å². The Morgan fingerprint density at radius 1 is 1.08 bits per heavy atom. The van der Waals surface area contributed by atoms with Gasteiger partial charge in [0.25, 0.3) is 5.91 Å². The number of aliphatic imine (C=N–C) groups is 1. The molecule has 8 heteroatoms. The Bertz CT molecular complexity index is 993. The number of rotatable bonds is 2. The molecule has 2 aliphatic rings. The summed E-state index contributed by atoms with van der Waals surface area (Å²) in [5.74, 6) is -0.973. The van der Waals surface area contributed by atoms with Gasteiger partial charge in [0, 0.05) is 10.8 Å². The standard InChI is InChI=1S/C18H15FN2O3S2/c19-13-8-4-5-9-14(13)21-15-10-26(23,24)11-16(15)25-18(21)20-17(22)12-6-2-1-3-7-12/h1-9,15-16H,10-11H2/t15-,16-/m0/s1. The second-order valence-electron chi connectivity index (χ2n) is 6.19. The van der Waals surface area contributed by atoms with Crippen molar-refractivity contribution in [2.45, 2.75) is 11.3 Å². The minimum Gasteiger partial charge on any atom is -0.313 e. The molecule has 2 aromatic carbocycles. The van der Waals surface area contributed by atoms with Crippen LogP contribution in [0.5, 0.6) is 0 Å². The highest BCUT2D eigenvalue weighted by atomic mass is 32.2. The third kappa shape index (κ3) is 3.14. The Kier molecular flexibility index (Phi) is 4.32. The summed E-state index contributed by atoms with van der Waals surface area (Å²) in [4.78, 5) is 18.2. The van der Waals surface area contributed by atoms with E-state index >= 15 is 0 Å². The maximum absolute atomic E-state index is 14.4. The van der Waals surface area contributed by atoms with Crippen molar-refractivity contribution in [2.24, 2.45) is 4.99 Å². The highest BCUT2D eigenvalue weighted by Gasteiger charge is 2.49. The number of hydrogen-bond acceptors (Lipinski definition) is 4. The molecule has 2 saturated heterocycles. The first-order valence-electron chi connectivity index (χ1n) is 8.03. The lowest BCUT2D eigenvalue weighted by atomic mass is 10.2. The Morgan fingerprint density at radius 2 is 1.77 bits per heavy atom. The van der Waals surface area contributed by atoms with E-state index in [9.17, 15) is 17.6 Å². The van der Waals surface area contributed by atoms with E-state index < -0.39 is 27.6 Å². The number of nitrogens with zero attached hydrogens (tertiary/aromatic N) is 2. The van der Waals surface area contributed by atoms with Gasteiger partial charge in [-0.15, -0.1) is 0 Å². The molecule has 0 radical (unpaired) electrons. The first-order valence-corrected chi connectivity index (χ1v) is 10.7. The van der Waals surface area contributed by atoms with Gasteiger partial charge in [-0.2, -0.15) is 4.99 Å². The van der Waals surface area contributed by atoms with E-state index in [1.165, 1.54) is 17.8 Å². The average Bonchev–Trinajstić information content (AvgIpc) is 3.07. The van der Waals surface area contributed by atoms with E-state index in [2.05, 4.69) is 4.99 Å². The smallest absolute Gasteiger partial charge is 0.279 e. The number of anilines is 1. The van der Waals surface area contributed by atoms with Gasteiger partial charge in [0.15, 0.2) is 15.0 Å². The van der Waals surface area contributed by atoms with Gasteiger partial charge < -0.3 is 4.90 Å². The van der Waals surface area contributed by atoms with Crippen LogP contribution in [0, 0.1) is 5.82 Å². The van der Waals surface area contributed by atoms with Crippen LogP contribution in [0.25, 0.3) is 0 Å². The Morgan fingerprint density at radius 3 is 2.50 bits per heavy atom. The number of halogens is 1. The Labute approximate surface area is 154 Å². The molecule has 2 atom stereocenters. The summed E-state index contributed by atoms with van der Waals surface area (Å²) >= 11 is 1.23. The van der Waals surface area contributed by atoms with Gasteiger partial charge in [-0.3, -0.25) is 4.79 Å². The molecule has 0 N–H and O–H groups in total. The highest BCUT2D eigenvalue weighted by molar-refractivity contribution is 8.16. The molecule has 0 aromatic heterocycles. The number of amides is 1. The number of hydrogen-bond donors (Lipinski definition) is 0. The van der Waals surface area contributed by atoms with Crippen molar-refractivity contribution in [1.82, 2.24) is 0 Å². The number of amidine groups is 1. The molecule has 2 fully saturated rings. The van der Waals surface area contributed by atoms with E-state index in [-0.39, 0.29) is 22.4 Å². The molecular weight excluding hydrogens is 375 g/mol. The highest BCUT2D eigenvalue weighted by Crippen LogP contribution is 2.41. The molecular formula is C18H15FN2O3S2. The fourth-order valence-electron chi connectivity index (χ4n) is 3.23. The molecule has 26 heavy (non-hydrogen) atoms. The van der Waals surface area contributed by atoms with Gasteiger partial charge in [-0.25, -0.2) is 12.8 Å². The summed E-state index contributed by atoms with van der Waals surface area (Å²) in [7, 11) is -3.19. The predicted molar refractivity (Wildman–Crippen MR) is 101 cm³/mol. The first-order chi connectivity index (χ1) is 12.4. The van der Waals surface area contributed by atoms with Gasteiger partial charge in [0.2, 0.25) is 0 Å². The van der Waals surface area contributed by atoms with Crippen LogP contribution >= 0.6 is 11.8 Å². The lowest BCUT2D eigenvalue weighted by molar-refractivity contribution is 0.100. The van der Waals surface area contributed by atoms with E-state index in [0.717, 1.165) is 0 Å². The largest absolute Gasteiger partial charge is 0.313 e. The number of fused-ring (bicyclic) bond motifs is 1. The van der Waals surface area contributed by atoms with Gasteiger partial charge in [0.1, 0.15) is 5.82 Å². The number of para-hydroxylation sites is 1. The molecule has 0 aliphatic carbocycles. The Balaban J connectivity index is 1.75. The first kappa shape index (κ1) is 17.2. The fourth-order valence-corrected chi connectivity index (χ4v) is 7.13. The van der Waals surface area contributed by atoms with Crippen LogP contribution in [-0.2, 0) is 9.84 Å². The molecule has 5 nitrogen and oxygen atoms in total. The SMILES string of the molecule is O=C(N=C1S[C@H]2CS(=O)(=O)C[C@@H]2N1c1ccccc1F)c1ccccc1. The van der Waals surface area contributed by atoms with Crippen LogP contribution in [-0.4, -0.2) is 42.3 Å². The second kappa shape index (κ2) is 6.51. The normalized spacial score (nSPS) is 25.4. The predicted octanol–water partition coefficient (Wildman–Crippen LogP) is 2.74. The van der Waals surface area contributed by atoms with Crippen molar-refractivity contribution in [1.29, 1.82) is 0 Å². The maximum atomic E-state index is 14.4. The monoisotopic (exact) mass is 390 g/mol. The number of benzene rings is 2. The molecule has 0 bridgehead atoms. The quantitative estimate of drug-likeness (QED) is 0.789. The van der Waals surface area contributed by atoms with Gasteiger partial charge >= 0.3 is 0 Å². The van der Waals surface area contributed by atoms with E-state index in [0.29, 0.717) is 10.7 Å². The van der Waals surface area contributed by atoms with Gasteiger partial charge in [-0.05, 0) is 24.3 Å². The summed E-state index contributed by atoms with van der Waals surface area (Å²) in [6, 6.07) is 14.3. The zero-order valence-electron chi connectivity index (χ0n) is 13.6. The van der Waals surface area contributed by atoms with E-state index in [1.54, 1.807) is 53.4 Å². The average molecular weight is 390 g/mol. The van der Waals surface area contributed by atoms with Crippen LogP contribution in [0.3, 0.4) is 0 Å². The molecule has 2 aromatic rings. The molecule has 2 aliphatic heterocycles. The lowest BCUT2D eigenvalue weighted by Gasteiger charge is -2.24. The summed E-state index contributed by atoms with van der Waals surface area (Å²) in [5, 5.41) is 0.0794. The lowest BCUT2D eigenvalue weighted by Crippen LogP contribution is -2.38. The van der Waals surface area contributed by atoms with Crippen molar-refractivity contribution >= 4 is 38.4 Å². The van der Waals surface area contributed by atoms with Gasteiger partial charge in [0.05, 0.1) is 23.2 Å². The molecule has 0 spiro atoms. The van der Waals surface area contributed by atoms with Crippen molar-refractivity contribution in [3.05, 3.63) is 66.0 Å². The molecule has 1 amide bonds. The molecule has 0 saturated carbocycles. The van der Waals surface area contributed by atoms with Crippen molar-refractivity contribution in [3.8, 4) is 0 Å². The summed E-state index contributed by atoms with van der Waals surface area (Å²) in [6.07, 6.45) is 0.